The first-order valence-corrected chi connectivity index (χ1v) is 10.6. The topological polar surface area (TPSA) is 78.8 Å². The number of unbranched alkanes of at least 4 members (excludes halogenated alkanes) is 1. The van der Waals surface area contributed by atoms with Crippen molar-refractivity contribution in [2.75, 3.05) is 13.1 Å². The molecule has 148 valence electrons. The highest BCUT2D eigenvalue weighted by Crippen LogP contribution is 2.44. The molecule has 2 aliphatic heterocycles. The predicted octanol–water partition coefficient (Wildman–Crippen LogP) is 3.12. The number of hydrogen-bond donors (Lipinski definition) is 3. The summed E-state index contributed by atoms with van der Waals surface area (Å²) >= 11 is 0. The van der Waals surface area contributed by atoms with Gasteiger partial charge in [0.25, 0.3) is 0 Å². The normalized spacial score (nSPS) is 32.7. The van der Waals surface area contributed by atoms with E-state index in [0.717, 1.165) is 19.4 Å². The summed E-state index contributed by atoms with van der Waals surface area (Å²) < 4.78 is 6.15. The van der Waals surface area contributed by atoms with Gasteiger partial charge in [-0.3, -0.25) is 4.79 Å². The number of ether oxygens (including phenoxy) is 1. The van der Waals surface area contributed by atoms with E-state index in [1.807, 2.05) is 0 Å². The Morgan fingerprint density at radius 1 is 1.12 bits per heavy atom. The van der Waals surface area contributed by atoms with E-state index in [0.29, 0.717) is 42.9 Å². The molecular weight excluding hydrogens is 330 g/mol. The van der Waals surface area contributed by atoms with Gasteiger partial charge in [-0.2, -0.15) is 0 Å². The molecular formula is C21H35NO4. The van der Waals surface area contributed by atoms with Crippen LogP contribution in [0.25, 0.3) is 0 Å². The average Bonchev–Trinajstić information content (AvgIpc) is 3.35. The second-order valence-corrected chi connectivity index (χ2v) is 8.38. The van der Waals surface area contributed by atoms with Gasteiger partial charge in [0, 0.05) is 25.4 Å². The SMILES string of the molecule is O=C(O)CCCC=CC[C@@H]1[C@H](CNCC(O)C2CCCC2)[C@@H]2CC[C@H]1O2. The molecule has 0 spiro atoms. The fourth-order valence-corrected chi connectivity index (χ4v) is 5.13. The quantitative estimate of drug-likeness (QED) is 0.387. The lowest BCUT2D eigenvalue weighted by molar-refractivity contribution is -0.137. The van der Waals surface area contributed by atoms with Crippen LogP contribution in [0.1, 0.15) is 64.2 Å². The van der Waals surface area contributed by atoms with Gasteiger partial charge in [0.15, 0.2) is 0 Å². The highest BCUT2D eigenvalue weighted by Gasteiger charge is 2.47. The molecule has 3 aliphatic rings. The number of nitrogens with one attached hydrogen (secondary N) is 1. The zero-order valence-corrected chi connectivity index (χ0v) is 15.8. The number of fused-ring (bicyclic) bond motifs is 2. The van der Waals surface area contributed by atoms with Crippen LogP contribution in [0.4, 0.5) is 0 Å². The summed E-state index contributed by atoms with van der Waals surface area (Å²) in [6.07, 6.45) is 14.9. The third-order valence-electron chi connectivity index (χ3n) is 6.60. The van der Waals surface area contributed by atoms with Gasteiger partial charge in [-0.1, -0.05) is 25.0 Å². The van der Waals surface area contributed by atoms with Crippen LogP contribution in [0.3, 0.4) is 0 Å². The fraction of sp³-hybridized carbons (Fsp3) is 0.857. The van der Waals surface area contributed by atoms with E-state index < -0.39 is 5.97 Å². The summed E-state index contributed by atoms with van der Waals surface area (Å²) in [7, 11) is 0. The van der Waals surface area contributed by atoms with Crippen LogP contribution in [0.5, 0.6) is 0 Å². The molecule has 5 heteroatoms. The van der Waals surface area contributed by atoms with Gasteiger partial charge in [-0.25, -0.2) is 0 Å². The molecule has 2 saturated heterocycles. The second-order valence-electron chi connectivity index (χ2n) is 8.38. The molecule has 2 heterocycles. The van der Waals surface area contributed by atoms with Crippen LogP contribution in [0.15, 0.2) is 12.2 Å². The maximum absolute atomic E-state index is 10.5. The number of aliphatic carboxylic acids is 1. The van der Waals surface area contributed by atoms with Crippen molar-refractivity contribution in [2.45, 2.75) is 82.5 Å². The number of aliphatic hydroxyl groups is 1. The lowest BCUT2D eigenvalue weighted by Gasteiger charge is -2.28. The van der Waals surface area contributed by atoms with Crippen molar-refractivity contribution in [1.29, 1.82) is 0 Å². The Bertz CT molecular complexity index is 475. The Labute approximate surface area is 157 Å². The van der Waals surface area contributed by atoms with Gasteiger partial charge in [0.05, 0.1) is 18.3 Å². The van der Waals surface area contributed by atoms with Crippen LogP contribution in [-0.4, -0.2) is 47.6 Å². The third kappa shape index (κ3) is 5.30. The van der Waals surface area contributed by atoms with Gasteiger partial charge in [0.2, 0.25) is 0 Å². The number of hydrogen-bond acceptors (Lipinski definition) is 4. The van der Waals surface area contributed by atoms with Crippen molar-refractivity contribution in [3.8, 4) is 0 Å². The monoisotopic (exact) mass is 365 g/mol. The highest BCUT2D eigenvalue weighted by atomic mass is 16.5. The molecule has 26 heavy (non-hydrogen) atoms. The maximum atomic E-state index is 10.5. The zero-order valence-electron chi connectivity index (χ0n) is 15.8. The largest absolute Gasteiger partial charge is 0.481 e. The van der Waals surface area contributed by atoms with Crippen LogP contribution in [0, 0.1) is 17.8 Å². The van der Waals surface area contributed by atoms with Crippen molar-refractivity contribution in [3.05, 3.63) is 12.2 Å². The molecule has 0 aromatic rings. The van der Waals surface area contributed by atoms with Crippen molar-refractivity contribution < 1.29 is 19.7 Å². The number of aliphatic hydroxyl groups excluding tert-OH is 1. The summed E-state index contributed by atoms with van der Waals surface area (Å²) in [6, 6.07) is 0. The van der Waals surface area contributed by atoms with Gasteiger partial charge >= 0.3 is 5.97 Å². The predicted molar refractivity (Wildman–Crippen MR) is 101 cm³/mol. The molecule has 0 amide bonds. The van der Waals surface area contributed by atoms with E-state index in [1.54, 1.807) is 0 Å². The first-order valence-electron chi connectivity index (χ1n) is 10.6. The number of rotatable bonds is 11. The molecule has 1 unspecified atom stereocenters. The summed E-state index contributed by atoms with van der Waals surface area (Å²) in [4.78, 5) is 10.5. The van der Waals surface area contributed by atoms with E-state index in [9.17, 15) is 9.90 Å². The Morgan fingerprint density at radius 3 is 2.58 bits per heavy atom. The van der Waals surface area contributed by atoms with E-state index in [4.69, 9.17) is 9.84 Å². The van der Waals surface area contributed by atoms with E-state index >= 15 is 0 Å². The summed E-state index contributed by atoms with van der Waals surface area (Å²) in [6.45, 7) is 1.64. The highest BCUT2D eigenvalue weighted by molar-refractivity contribution is 5.66. The summed E-state index contributed by atoms with van der Waals surface area (Å²) in [5.74, 6) is 0.864. The average molecular weight is 366 g/mol. The van der Waals surface area contributed by atoms with Crippen molar-refractivity contribution in [3.63, 3.8) is 0 Å². The molecule has 0 aromatic heterocycles. The van der Waals surface area contributed by atoms with Crippen molar-refractivity contribution in [2.24, 2.45) is 17.8 Å². The molecule has 5 atom stereocenters. The van der Waals surface area contributed by atoms with Crippen LogP contribution >= 0.6 is 0 Å². The van der Waals surface area contributed by atoms with Crippen LogP contribution < -0.4 is 5.32 Å². The second kappa shape index (κ2) is 9.86. The number of carbonyl (C=O) groups is 1. The lowest BCUT2D eigenvalue weighted by Crippen LogP contribution is -2.39. The van der Waals surface area contributed by atoms with Crippen LogP contribution in [0.2, 0.25) is 0 Å². The molecule has 1 aliphatic carbocycles. The van der Waals surface area contributed by atoms with E-state index in [2.05, 4.69) is 17.5 Å². The molecule has 1 saturated carbocycles. The molecule has 0 aromatic carbocycles. The number of allylic oxidation sites excluding steroid dienone is 2. The minimum atomic E-state index is -0.717. The Morgan fingerprint density at radius 2 is 1.85 bits per heavy atom. The molecule has 5 nitrogen and oxygen atoms in total. The van der Waals surface area contributed by atoms with Gasteiger partial charge in [-0.05, 0) is 56.8 Å². The smallest absolute Gasteiger partial charge is 0.303 e. The summed E-state index contributed by atoms with van der Waals surface area (Å²) in [5, 5.41) is 22.5. The van der Waals surface area contributed by atoms with E-state index in [1.165, 1.54) is 38.5 Å². The first-order chi connectivity index (χ1) is 12.6. The van der Waals surface area contributed by atoms with Crippen molar-refractivity contribution >= 4 is 5.97 Å². The van der Waals surface area contributed by atoms with E-state index in [-0.39, 0.29) is 12.5 Å². The van der Waals surface area contributed by atoms with Gasteiger partial charge in [-0.15, -0.1) is 0 Å². The molecule has 3 fully saturated rings. The third-order valence-corrected chi connectivity index (χ3v) is 6.60. The Balaban J connectivity index is 1.39. The van der Waals surface area contributed by atoms with Crippen molar-refractivity contribution in [1.82, 2.24) is 5.32 Å². The lowest BCUT2D eigenvalue weighted by atomic mass is 9.77. The van der Waals surface area contributed by atoms with Gasteiger partial charge < -0.3 is 20.3 Å². The standard InChI is InChI=1S/C21H35NO4/c23-18(15-7-5-6-8-15)14-22-13-17-16(19-11-12-20(17)26-19)9-3-1-2-4-10-21(24)25/h1,3,15-20,22-23H,2,4-14H2,(H,24,25)/t16-,17+,18?,19-,20+/m1/s1. The fourth-order valence-electron chi connectivity index (χ4n) is 5.13. The molecule has 3 N–H and O–H groups in total. The van der Waals surface area contributed by atoms with Gasteiger partial charge in [0.1, 0.15) is 0 Å². The molecule has 0 radical (unpaired) electrons. The Kier molecular flexibility index (Phi) is 7.52. The zero-order chi connectivity index (χ0) is 18.4. The summed E-state index contributed by atoms with van der Waals surface area (Å²) in [5.41, 5.74) is 0. The minimum Gasteiger partial charge on any atom is -0.481 e. The Hall–Kier alpha value is -0.910. The number of carboxylic acid groups (broad SMARTS) is 1. The first kappa shape index (κ1) is 19.8. The molecule has 3 rings (SSSR count). The van der Waals surface area contributed by atoms with Crippen LogP contribution in [-0.2, 0) is 9.53 Å². The number of carboxylic acids is 1. The molecule has 2 bridgehead atoms. The minimum absolute atomic E-state index is 0.204. The maximum Gasteiger partial charge on any atom is 0.303 e.